The van der Waals surface area contributed by atoms with Crippen LogP contribution in [-0.2, 0) is 16.9 Å². The molecule has 0 aromatic heterocycles. The normalized spacial score (nSPS) is 23.5. The first-order valence-electron chi connectivity index (χ1n) is 10.2. The molecule has 1 aliphatic carbocycles. The highest BCUT2D eigenvalue weighted by Crippen LogP contribution is 2.47. The Kier molecular flexibility index (Phi) is 4.14. The molecular weight excluding hydrogens is 348 g/mol. The molecule has 4 nitrogen and oxygen atoms in total. The lowest BCUT2D eigenvalue weighted by Gasteiger charge is -2.24. The molecule has 2 aliphatic heterocycles. The molecule has 1 saturated heterocycles. The number of aliphatic hydroxyl groups is 1. The van der Waals surface area contributed by atoms with Crippen molar-refractivity contribution in [3.63, 3.8) is 0 Å². The molecule has 1 atom stereocenters. The Morgan fingerprint density at radius 2 is 1.71 bits per heavy atom. The molecule has 28 heavy (non-hydrogen) atoms. The van der Waals surface area contributed by atoms with Crippen LogP contribution in [0.2, 0.25) is 0 Å². The summed E-state index contributed by atoms with van der Waals surface area (Å²) < 4.78 is 0. The first-order valence-corrected chi connectivity index (χ1v) is 10.2. The van der Waals surface area contributed by atoms with Crippen molar-refractivity contribution >= 4 is 17.3 Å². The fourth-order valence-corrected chi connectivity index (χ4v) is 4.23. The first-order chi connectivity index (χ1) is 13.7. The maximum atomic E-state index is 13.4. The standard InChI is InChI=1S/C24H24N2O2/c27-23-24(28,14-13-18-11-12-18)22-20(25-15-4-5-16-25)9-6-10-21(22)26(23)17-19-7-2-1-3-8-19/h1-3,6-10,18,28H,4-5,11-12,15-17H2. The van der Waals surface area contributed by atoms with Gasteiger partial charge < -0.3 is 14.9 Å². The van der Waals surface area contributed by atoms with E-state index in [1.54, 1.807) is 4.90 Å². The van der Waals surface area contributed by atoms with E-state index in [1.807, 2.05) is 48.5 Å². The zero-order chi connectivity index (χ0) is 19.1. The summed E-state index contributed by atoms with van der Waals surface area (Å²) in [6.45, 7) is 2.34. The van der Waals surface area contributed by atoms with E-state index in [9.17, 15) is 9.90 Å². The van der Waals surface area contributed by atoms with Crippen molar-refractivity contribution in [3.8, 4) is 11.8 Å². The summed E-state index contributed by atoms with van der Waals surface area (Å²) in [5, 5.41) is 11.6. The van der Waals surface area contributed by atoms with Gasteiger partial charge in [-0.1, -0.05) is 48.2 Å². The Balaban J connectivity index is 1.62. The van der Waals surface area contributed by atoms with Gasteiger partial charge in [-0.2, -0.15) is 0 Å². The summed E-state index contributed by atoms with van der Waals surface area (Å²) >= 11 is 0. The topological polar surface area (TPSA) is 43.8 Å². The number of nitrogens with zero attached hydrogens (tertiary/aromatic N) is 2. The number of amides is 1. The number of rotatable bonds is 3. The summed E-state index contributed by atoms with van der Waals surface area (Å²) in [5.74, 6) is 6.13. The molecule has 1 N–H and O–H groups in total. The predicted molar refractivity (Wildman–Crippen MR) is 110 cm³/mol. The van der Waals surface area contributed by atoms with Crippen LogP contribution in [0.4, 0.5) is 11.4 Å². The Bertz CT molecular complexity index is 965. The van der Waals surface area contributed by atoms with Gasteiger partial charge in [0.25, 0.3) is 5.91 Å². The molecule has 5 rings (SSSR count). The van der Waals surface area contributed by atoms with E-state index >= 15 is 0 Å². The van der Waals surface area contributed by atoms with Crippen molar-refractivity contribution in [2.75, 3.05) is 22.9 Å². The van der Waals surface area contributed by atoms with E-state index in [1.165, 1.54) is 0 Å². The average molecular weight is 372 g/mol. The fraction of sp³-hybridized carbons (Fsp3) is 0.375. The lowest BCUT2D eigenvalue weighted by molar-refractivity contribution is -0.130. The molecule has 2 heterocycles. The van der Waals surface area contributed by atoms with Crippen molar-refractivity contribution in [2.24, 2.45) is 5.92 Å². The second-order valence-electron chi connectivity index (χ2n) is 8.00. The molecule has 0 bridgehead atoms. The number of fused-ring (bicyclic) bond motifs is 1. The van der Waals surface area contributed by atoms with Gasteiger partial charge >= 0.3 is 0 Å². The van der Waals surface area contributed by atoms with Gasteiger partial charge in [0.2, 0.25) is 5.60 Å². The molecule has 2 aromatic rings. The van der Waals surface area contributed by atoms with Gasteiger partial charge in [-0.15, -0.1) is 0 Å². The Labute approximate surface area is 165 Å². The summed E-state index contributed by atoms with van der Waals surface area (Å²) in [6.07, 6.45) is 4.40. The number of carbonyl (C=O) groups excluding carboxylic acids is 1. The quantitative estimate of drug-likeness (QED) is 0.840. The highest BCUT2D eigenvalue weighted by atomic mass is 16.3. The molecule has 1 unspecified atom stereocenters. The third kappa shape index (κ3) is 2.87. The molecule has 0 radical (unpaired) electrons. The zero-order valence-corrected chi connectivity index (χ0v) is 15.9. The van der Waals surface area contributed by atoms with Crippen LogP contribution in [0, 0.1) is 17.8 Å². The van der Waals surface area contributed by atoms with E-state index in [-0.39, 0.29) is 5.91 Å². The molecule has 2 fully saturated rings. The van der Waals surface area contributed by atoms with Crippen LogP contribution in [0.25, 0.3) is 0 Å². The maximum absolute atomic E-state index is 13.4. The number of carbonyl (C=O) groups is 1. The smallest absolute Gasteiger partial charge is 0.277 e. The van der Waals surface area contributed by atoms with Gasteiger partial charge in [0.15, 0.2) is 0 Å². The Morgan fingerprint density at radius 1 is 1.00 bits per heavy atom. The van der Waals surface area contributed by atoms with Crippen molar-refractivity contribution in [3.05, 3.63) is 59.7 Å². The minimum absolute atomic E-state index is 0.322. The zero-order valence-electron chi connectivity index (χ0n) is 15.9. The van der Waals surface area contributed by atoms with Crippen molar-refractivity contribution in [1.29, 1.82) is 0 Å². The number of benzene rings is 2. The number of anilines is 2. The Morgan fingerprint density at radius 3 is 2.43 bits per heavy atom. The maximum Gasteiger partial charge on any atom is 0.277 e. The first kappa shape index (κ1) is 17.3. The van der Waals surface area contributed by atoms with Crippen LogP contribution in [0.15, 0.2) is 48.5 Å². The Hall–Kier alpha value is -2.77. The summed E-state index contributed by atoms with van der Waals surface area (Å²) in [4.78, 5) is 17.4. The minimum atomic E-state index is -1.76. The molecule has 1 amide bonds. The van der Waals surface area contributed by atoms with Gasteiger partial charge in [-0.25, -0.2) is 0 Å². The molecule has 3 aliphatic rings. The highest BCUT2D eigenvalue weighted by molar-refractivity contribution is 6.10. The lowest BCUT2D eigenvalue weighted by atomic mass is 9.93. The third-order valence-corrected chi connectivity index (χ3v) is 5.89. The fourth-order valence-electron chi connectivity index (χ4n) is 4.23. The van der Waals surface area contributed by atoms with Crippen molar-refractivity contribution < 1.29 is 9.90 Å². The molecule has 142 valence electrons. The van der Waals surface area contributed by atoms with Crippen LogP contribution in [0.1, 0.15) is 36.8 Å². The second kappa shape index (κ2) is 6.68. The van der Waals surface area contributed by atoms with E-state index in [0.717, 1.165) is 55.7 Å². The van der Waals surface area contributed by atoms with E-state index in [4.69, 9.17) is 0 Å². The molecular formula is C24H24N2O2. The van der Waals surface area contributed by atoms with Crippen molar-refractivity contribution in [1.82, 2.24) is 0 Å². The molecule has 4 heteroatoms. The molecule has 0 spiro atoms. The van der Waals surface area contributed by atoms with Crippen molar-refractivity contribution in [2.45, 2.75) is 37.8 Å². The van der Waals surface area contributed by atoms with Gasteiger partial charge in [0.1, 0.15) is 0 Å². The van der Waals surface area contributed by atoms with E-state index < -0.39 is 5.60 Å². The monoisotopic (exact) mass is 372 g/mol. The minimum Gasteiger partial charge on any atom is -0.371 e. The van der Waals surface area contributed by atoms with E-state index in [2.05, 4.69) is 16.7 Å². The summed E-state index contributed by atoms with van der Waals surface area (Å²) in [5.41, 5.74) is 1.68. The van der Waals surface area contributed by atoms with Gasteiger partial charge in [-0.3, -0.25) is 4.79 Å². The van der Waals surface area contributed by atoms with Crippen LogP contribution < -0.4 is 9.80 Å². The van der Waals surface area contributed by atoms with Gasteiger partial charge in [0.05, 0.1) is 17.8 Å². The molecule has 1 saturated carbocycles. The lowest BCUT2D eigenvalue weighted by Crippen LogP contribution is -2.39. The predicted octanol–water partition coefficient (Wildman–Crippen LogP) is 3.43. The van der Waals surface area contributed by atoms with Crippen LogP contribution in [-0.4, -0.2) is 24.1 Å². The van der Waals surface area contributed by atoms with Gasteiger partial charge in [-0.05, 0) is 43.4 Å². The molecule has 2 aromatic carbocycles. The third-order valence-electron chi connectivity index (χ3n) is 5.89. The van der Waals surface area contributed by atoms with E-state index in [0.29, 0.717) is 18.0 Å². The SMILES string of the molecule is O=C1N(Cc2ccccc2)c2cccc(N3CCCC3)c2C1(O)C#CC1CC1. The van der Waals surface area contributed by atoms with Gasteiger partial charge in [0, 0.05) is 24.7 Å². The van der Waals surface area contributed by atoms with Crippen LogP contribution >= 0.6 is 0 Å². The largest absolute Gasteiger partial charge is 0.371 e. The summed E-state index contributed by atoms with van der Waals surface area (Å²) in [6, 6.07) is 15.9. The number of hydrogen-bond donors (Lipinski definition) is 1. The van der Waals surface area contributed by atoms with Crippen LogP contribution in [0.5, 0.6) is 0 Å². The highest BCUT2D eigenvalue weighted by Gasteiger charge is 2.51. The average Bonchev–Trinajstić information content (AvgIpc) is 3.35. The van der Waals surface area contributed by atoms with Crippen LogP contribution in [0.3, 0.4) is 0 Å². The number of hydrogen-bond acceptors (Lipinski definition) is 3. The summed E-state index contributed by atoms with van der Waals surface area (Å²) in [7, 11) is 0. The second-order valence-corrected chi connectivity index (χ2v) is 8.00.